The van der Waals surface area contributed by atoms with E-state index in [4.69, 9.17) is 9.47 Å². The van der Waals surface area contributed by atoms with Gasteiger partial charge >= 0.3 is 5.69 Å². The van der Waals surface area contributed by atoms with Crippen LogP contribution in [0.15, 0.2) is 69.3 Å². The molecule has 9 nitrogen and oxygen atoms in total. The number of nitrogens with zero attached hydrogens (tertiary/aromatic N) is 4. The number of carbonyl (C=O) groups is 1. The lowest BCUT2D eigenvalue weighted by Crippen LogP contribution is -2.29. The second-order valence-electron chi connectivity index (χ2n) is 6.91. The quantitative estimate of drug-likeness (QED) is 0.461. The van der Waals surface area contributed by atoms with Gasteiger partial charge in [-0.3, -0.25) is 4.79 Å². The summed E-state index contributed by atoms with van der Waals surface area (Å²) in [4.78, 5) is 26.3. The highest BCUT2D eigenvalue weighted by Crippen LogP contribution is 2.29. The van der Waals surface area contributed by atoms with Crippen molar-refractivity contribution in [3.05, 3.63) is 70.6 Å². The monoisotopic (exact) mass is 451 g/mol. The van der Waals surface area contributed by atoms with E-state index < -0.39 is 11.6 Å². The SMILES string of the molecule is COc1ccc(NC(=O)Cn2nc3ccc(Sc4ccc(C)cc4)nn3c2=O)c(OC)c1. The Morgan fingerprint density at radius 2 is 1.81 bits per heavy atom. The summed E-state index contributed by atoms with van der Waals surface area (Å²) in [7, 11) is 3.04. The van der Waals surface area contributed by atoms with Crippen molar-refractivity contribution in [1.29, 1.82) is 0 Å². The predicted molar refractivity (Wildman–Crippen MR) is 121 cm³/mol. The van der Waals surface area contributed by atoms with Crippen LogP contribution in [0.1, 0.15) is 5.56 Å². The maximum atomic E-state index is 12.7. The van der Waals surface area contributed by atoms with Gasteiger partial charge in [-0.15, -0.1) is 5.10 Å². The number of methoxy groups -OCH3 is 2. The number of rotatable bonds is 7. The van der Waals surface area contributed by atoms with Crippen molar-refractivity contribution in [1.82, 2.24) is 19.4 Å². The Balaban J connectivity index is 1.52. The van der Waals surface area contributed by atoms with Gasteiger partial charge in [0.25, 0.3) is 0 Å². The van der Waals surface area contributed by atoms with Gasteiger partial charge in [0.2, 0.25) is 5.91 Å². The molecule has 0 unspecified atom stereocenters. The fourth-order valence-electron chi connectivity index (χ4n) is 3.00. The predicted octanol–water partition coefficient (Wildman–Crippen LogP) is 3.01. The summed E-state index contributed by atoms with van der Waals surface area (Å²) in [6.07, 6.45) is 0. The number of amides is 1. The van der Waals surface area contributed by atoms with Crippen LogP contribution in [0.4, 0.5) is 5.69 Å². The third kappa shape index (κ3) is 4.59. The van der Waals surface area contributed by atoms with E-state index in [2.05, 4.69) is 15.5 Å². The van der Waals surface area contributed by atoms with Crippen molar-refractivity contribution in [2.75, 3.05) is 19.5 Å². The van der Waals surface area contributed by atoms with Gasteiger partial charge in [-0.2, -0.15) is 9.61 Å². The largest absolute Gasteiger partial charge is 0.497 e. The second kappa shape index (κ2) is 9.15. The molecule has 2 aromatic carbocycles. The van der Waals surface area contributed by atoms with Gasteiger partial charge in [0.1, 0.15) is 23.1 Å². The number of aryl methyl sites for hydroxylation is 1. The fraction of sp³-hybridized carbons (Fsp3) is 0.182. The van der Waals surface area contributed by atoms with Crippen molar-refractivity contribution in [2.24, 2.45) is 0 Å². The van der Waals surface area contributed by atoms with Crippen LogP contribution in [0.2, 0.25) is 0 Å². The van der Waals surface area contributed by atoms with E-state index in [1.54, 1.807) is 37.4 Å². The average molecular weight is 452 g/mol. The highest BCUT2D eigenvalue weighted by atomic mass is 32.2. The van der Waals surface area contributed by atoms with Crippen LogP contribution in [0.5, 0.6) is 11.5 Å². The standard InChI is InChI=1S/C22H21N5O4S/c1-14-4-7-16(8-5-14)32-21-11-10-19-24-26(22(29)27(19)25-21)13-20(28)23-17-9-6-15(30-2)12-18(17)31-3/h4-12H,13H2,1-3H3,(H,23,28). The van der Waals surface area contributed by atoms with E-state index in [1.165, 1.54) is 29.0 Å². The van der Waals surface area contributed by atoms with Gasteiger partial charge in [0.05, 0.1) is 19.9 Å². The third-order valence-corrected chi connectivity index (χ3v) is 5.57. The Bertz CT molecular complexity index is 1330. The molecule has 0 fully saturated rings. The number of hydrogen-bond donors (Lipinski definition) is 1. The van der Waals surface area contributed by atoms with Gasteiger partial charge in [-0.1, -0.05) is 29.5 Å². The van der Waals surface area contributed by atoms with E-state index in [1.807, 2.05) is 31.2 Å². The zero-order valence-corrected chi connectivity index (χ0v) is 18.5. The maximum Gasteiger partial charge on any atom is 0.367 e. The first-order valence-electron chi connectivity index (χ1n) is 9.70. The molecule has 1 N–H and O–H groups in total. The number of benzene rings is 2. The first-order valence-corrected chi connectivity index (χ1v) is 10.5. The molecule has 4 aromatic rings. The Morgan fingerprint density at radius 1 is 1.03 bits per heavy atom. The molecule has 1 amide bonds. The summed E-state index contributed by atoms with van der Waals surface area (Å²) in [5.41, 5.74) is 1.49. The van der Waals surface area contributed by atoms with Gasteiger partial charge in [0, 0.05) is 11.0 Å². The zero-order valence-electron chi connectivity index (χ0n) is 17.7. The Hall–Kier alpha value is -3.79. The number of aromatic nitrogens is 4. The minimum absolute atomic E-state index is 0.266. The minimum atomic E-state index is -0.497. The smallest absolute Gasteiger partial charge is 0.367 e. The van der Waals surface area contributed by atoms with Crippen molar-refractivity contribution in [3.63, 3.8) is 0 Å². The fourth-order valence-corrected chi connectivity index (χ4v) is 3.78. The van der Waals surface area contributed by atoms with E-state index >= 15 is 0 Å². The van der Waals surface area contributed by atoms with Crippen molar-refractivity contribution < 1.29 is 14.3 Å². The van der Waals surface area contributed by atoms with Crippen LogP contribution in [0.25, 0.3) is 5.65 Å². The molecular formula is C22H21N5O4S. The summed E-state index contributed by atoms with van der Waals surface area (Å²) in [6.45, 7) is 1.76. The third-order valence-electron chi connectivity index (χ3n) is 4.64. The van der Waals surface area contributed by atoms with Crippen LogP contribution in [0.3, 0.4) is 0 Å². The van der Waals surface area contributed by atoms with Crippen LogP contribution < -0.4 is 20.5 Å². The van der Waals surface area contributed by atoms with Gasteiger partial charge < -0.3 is 14.8 Å². The molecule has 0 bridgehead atoms. The number of hydrogen-bond acceptors (Lipinski definition) is 7. The summed E-state index contributed by atoms with van der Waals surface area (Å²) in [5.74, 6) is 0.620. The van der Waals surface area contributed by atoms with Crippen molar-refractivity contribution in [2.45, 2.75) is 23.4 Å². The molecule has 0 atom stereocenters. The number of anilines is 1. The molecule has 0 aliphatic rings. The lowest BCUT2D eigenvalue weighted by Gasteiger charge is -2.11. The van der Waals surface area contributed by atoms with E-state index in [-0.39, 0.29) is 6.54 Å². The molecule has 0 saturated heterocycles. The normalized spacial score (nSPS) is 10.8. The van der Waals surface area contributed by atoms with Gasteiger partial charge in [0.15, 0.2) is 5.65 Å². The van der Waals surface area contributed by atoms with Crippen molar-refractivity contribution in [3.8, 4) is 11.5 Å². The van der Waals surface area contributed by atoms with Crippen LogP contribution in [-0.4, -0.2) is 39.5 Å². The lowest BCUT2D eigenvalue weighted by molar-refractivity contribution is -0.117. The number of ether oxygens (including phenoxy) is 2. The Kier molecular flexibility index (Phi) is 6.13. The molecule has 164 valence electrons. The van der Waals surface area contributed by atoms with E-state index in [9.17, 15) is 9.59 Å². The molecule has 2 aromatic heterocycles. The zero-order chi connectivity index (χ0) is 22.7. The first-order chi connectivity index (χ1) is 15.5. The highest BCUT2D eigenvalue weighted by Gasteiger charge is 2.14. The lowest BCUT2D eigenvalue weighted by atomic mass is 10.2. The van der Waals surface area contributed by atoms with E-state index in [0.29, 0.717) is 27.9 Å². The molecule has 0 radical (unpaired) electrons. The van der Waals surface area contributed by atoms with Crippen LogP contribution in [-0.2, 0) is 11.3 Å². The Labute approximate surface area is 188 Å². The molecular weight excluding hydrogens is 430 g/mol. The first kappa shape index (κ1) is 21.4. The van der Waals surface area contributed by atoms with E-state index in [0.717, 1.165) is 9.58 Å². The van der Waals surface area contributed by atoms with Gasteiger partial charge in [-0.05, 0) is 43.3 Å². The number of carbonyl (C=O) groups excluding carboxylic acids is 1. The molecule has 0 aliphatic heterocycles. The minimum Gasteiger partial charge on any atom is -0.497 e. The average Bonchev–Trinajstić information content (AvgIpc) is 3.10. The summed E-state index contributed by atoms with van der Waals surface area (Å²) < 4.78 is 12.7. The molecule has 2 heterocycles. The van der Waals surface area contributed by atoms with Crippen molar-refractivity contribution >= 4 is 29.0 Å². The topological polar surface area (TPSA) is 99.7 Å². The molecule has 32 heavy (non-hydrogen) atoms. The Morgan fingerprint density at radius 3 is 2.53 bits per heavy atom. The highest BCUT2D eigenvalue weighted by molar-refractivity contribution is 7.99. The molecule has 10 heteroatoms. The van der Waals surface area contributed by atoms with Crippen LogP contribution >= 0.6 is 11.8 Å². The maximum absolute atomic E-state index is 12.7. The molecule has 0 saturated carbocycles. The molecule has 0 spiro atoms. The summed E-state index contributed by atoms with van der Waals surface area (Å²) in [6, 6.07) is 16.5. The summed E-state index contributed by atoms with van der Waals surface area (Å²) in [5, 5.41) is 12.0. The second-order valence-corrected chi connectivity index (χ2v) is 8.01. The molecule has 0 aliphatic carbocycles. The number of fused-ring (bicyclic) bond motifs is 1. The van der Waals surface area contributed by atoms with Gasteiger partial charge in [-0.25, -0.2) is 9.48 Å². The van der Waals surface area contributed by atoms with Crippen LogP contribution in [0, 0.1) is 6.92 Å². The summed E-state index contributed by atoms with van der Waals surface area (Å²) >= 11 is 1.44. The molecule has 4 rings (SSSR count). The number of nitrogens with one attached hydrogen (secondary N) is 1.